The van der Waals surface area contributed by atoms with Gasteiger partial charge in [-0.1, -0.05) is 19.1 Å². The van der Waals surface area contributed by atoms with Crippen molar-refractivity contribution < 1.29 is 13.9 Å². The topological polar surface area (TPSA) is 69.3 Å². The molecule has 0 aliphatic rings. The Labute approximate surface area is 152 Å². The molecule has 0 aliphatic heterocycles. The first kappa shape index (κ1) is 17.8. The van der Waals surface area contributed by atoms with Crippen LogP contribution in [-0.4, -0.2) is 22.2 Å². The molecule has 3 aromatic rings. The molecule has 6 heteroatoms. The molecule has 0 saturated carbocycles. The molecular formula is C20H23N3O3. The van der Waals surface area contributed by atoms with Crippen LogP contribution in [0.3, 0.4) is 0 Å². The molecule has 3 rings (SSSR count). The monoisotopic (exact) mass is 353 g/mol. The molecule has 0 aliphatic carbocycles. The number of benzene rings is 1. The summed E-state index contributed by atoms with van der Waals surface area (Å²) in [5, 5.41) is 6.97. The van der Waals surface area contributed by atoms with E-state index in [2.05, 4.69) is 17.3 Å². The summed E-state index contributed by atoms with van der Waals surface area (Å²) in [6, 6.07) is 13.3. The summed E-state index contributed by atoms with van der Waals surface area (Å²) in [7, 11) is 0. The zero-order chi connectivity index (χ0) is 18.2. The van der Waals surface area contributed by atoms with Gasteiger partial charge in [-0.15, -0.1) is 0 Å². The molecule has 2 heterocycles. The van der Waals surface area contributed by atoms with Crippen LogP contribution in [0.1, 0.15) is 35.2 Å². The normalized spacial score (nSPS) is 10.7. The van der Waals surface area contributed by atoms with Gasteiger partial charge in [0, 0.05) is 25.5 Å². The molecule has 1 amide bonds. The highest BCUT2D eigenvalue weighted by Crippen LogP contribution is 2.16. The van der Waals surface area contributed by atoms with Gasteiger partial charge < -0.3 is 14.5 Å². The summed E-state index contributed by atoms with van der Waals surface area (Å²) in [5.41, 5.74) is 1.27. The fraction of sp³-hybridized carbons (Fsp3) is 0.300. The van der Waals surface area contributed by atoms with Crippen LogP contribution in [0, 0.1) is 0 Å². The number of furan rings is 1. The molecule has 1 aromatic carbocycles. The molecular weight excluding hydrogens is 330 g/mol. The zero-order valence-corrected chi connectivity index (χ0v) is 14.9. The van der Waals surface area contributed by atoms with Crippen LogP contribution in [0.5, 0.6) is 5.75 Å². The Hall–Kier alpha value is -3.02. The third-order valence-corrected chi connectivity index (χ3v) is 4.01. The second-order valence-electron chi connectivity index (χ2n) is 5.93. The minimum absolute atomic E-state index is 0.219. The van der Waals surface area contributed by atoms with Gasteiger partial charge >= 0.3 is 0 Å². The van der Waals surface area contributed by atoms with E-state index in [9.17, 15) is 4.79 Å². The van der Waals surface area contributed by atoms with Crippen molar-refractivity contribution in [2.24, 2.45) is 0 Å². The van der Waals surface area contributed by atoms with Crippen molar-refractivity contribution in [3.8, 4) is 5.75 Å². The van der Waals surface area contributed by atoms with E-state index in [4.69, 9.17) is 9.15 Å². The van der Waals surface area contributed by atoms with Crippen molar-refractivity contribution in [3.05, 3.63) is 71.9 Å². The van der Waals surface area contributed by atoms with Gasteiger partial charge in [0.15, 0.2) is 5.76 Å². The molecule has 136 valence electrons. The highest BCUT2D eigenvalue weighted by atomic mass is 16.5. The van der Waals surface area contributed by atoms with Crippen molar-refractivity contribution in [2.75, 3.05) is 6.54 Å². The summed E-state index contributed by atoms with van der Waals surface area (Å²) in [6.45, 7) is 3.73. The molecule has 0 atom stereocenters. The number of rotatable bonds is 9. The van der Waals surface area contributed by atoms with Crippen molar-refractivity contribution in [1.82, 2.24) is 15.1 Å². The number of amides is 1. The van der Waals surface area contributed by atoms with E-state index in [1.54, 1.807) is 18.3 Å². The lowest BCUT2D eigenvalue weighted by Crippen LogP contribution is -2.24. The lowest BCUT2D eigenvalue weighted by molar-refractivity contribution is 0.0921. The molecule has 1 N–H and O–H groups in total. The van der Waals surface area contributed by atoms with E-state index in [1.165, 1.54) is 5.56 Å². The van der Waals surface area contributed by atoms with Gasteiger partial charge in [0.05, 0.1) is 0 Å². The van der Waals surface area contributed by atoms with E-state index in [1.807, 2.05) is 41.2 Å². The Morgan fingerprint density at radius 1 is 1.23 bits per heavy atom. The molecule has 0 radical (unpaired) electrons. The molecule has 2 aromatic heterocycles. The van der Waals surface area contributed by atoms with Crippen molar-refractivity contribution in [1.29, 1.82) is 0 Å². The van der Waals surface area contributed by atoms with Crippen LogP contribution >= 0.6 is 0 Å². The van der Waals surface area contributed by atoms with Crippen molar-refractivity contribution in [3.63, 3.8) is 0 Å². The number of hydrogen-bond donors (Lipinski definition) is 1. The minimum Gasteiger partial charge on any atom is -0.486 e. The summed E-state index contributed by atoms with van der Waals surface area (Å²) < 4.78 is 13.1. The van der Waals surface area contributed by atoms with Gasteiger partial charge in [0.1, 0.15) is 18.1 Å². The second kappa shape index (κ2) is 8.89. The third-order valence-electron chi connectivity index (χ3n) is 4.01. The van der Waals surface area contributed by atoms with Crippen molar-refractivity contribution in [2.45, 2.75) is 32.9 Å². The minimum atomic E-state index is -0.219. The quantitative estimate of drug-likeness (QED) is 0.598. The molecule has 0 bridgehead atoms. The standard InChI is InChI=1S/C20H23N3O3/c1-2-16-5-7-17(8-6-16)25-15-18-9-10-19(26-18)20(24)21-11-3-13-23-14-4-12-22-23/h4-10,12,14H,2-3,11,13,15H2,1H3,(H,21,24). The maximum Gasteiger partial charge on any atom is 0.286 e. The summed E-state index contributed by atoms with van der Waals surface area (Å²) in [4.78, 5) is 12.1. The van der Waals surface area contributed by atoms with Gasteiger partial charge in [-0.05, 0) is 48.7 Å². The Morgan fingerprint density at radius 3 is 2.81 bits per heavy atom. The van der Waals surface area contributed by atoms with E-state index in [0.717, 1.165) is 25.1 Å². The van der Waals surface area contributed by atoms with Crippen molar-refractivity contribution >= 4 is 5.91 Å². The fourth-order valence-electron chi connectivity index (χ4n) is 2.52. The SMILES string of the molecule is CCc1ccc(OCc2ccc(C(=O)NCCCn3cccn3)o2)cc1. The maximum atomic E-state index is 12.1. The van der Waals surface area contributed by atoms with E-state index >= 15 is 0 Å². The number of carbonyl (C=O) groups is 1. The van der Waals surface area contributed by atoms with Crippen LogP contribution in [0.25, 0.3) is 0 Å². The van der Waals surface area contributed by atoms with Gasteiger partial charge in [0.2, 0.25) is 0 Å². The van der Waals surface area contributed by atoms with Gasteiger partial charge in [-0.2, -0.15) is 5.10 Å². The fourth-order valence-corrected chi connectivity index (χ4v) is 2.52. The van der Waals surface area contributed by atoms with Crippen LogP contribution < -0.4 is 10.1 Å². The average molecular weight is 353 g/mol. The smallest absolute Gasteiger partial charge is 0.286 e. The molecule has 0 saturated heterocycles. The van der Waals surface area contributed by atoms with Gasteiger partial charge in [0.25, 0.3) is 5.91 Å². The number of ether oxygens (including phenoxy) is 1. The first-order valence-electron chi connectivity index (χ1n) is 8.80. The number of carbonyl (C=O) groups excluding carboxylic acids is 1. The van der Waals surface area contributed by atoms with Crippen LogP contribution in [-0.2, 0) is 19.6 Å². The van der Waals surface area contributed by atoms with Gasteiger partial charge in [-0.3, -0.25) is 9.48 Å². The Balaban J connectivity index is 1.42. The van der Waals surface area contributed by atoms with Crippen LogP contribution in [0.15, 0.2) is 59.3 Å². The number of nitrogens with zero attached hydrogens (tertiary/aromatic N) is 2. The second-order valence-corrected chi connectivity index (χ2v) is 5.93. The number of aromatic nitrogens is 2. The third kappa shape index (κ3) is 4.99. The number of nitrogens with one attached hydrogen (secondary N) is 1. The van der Waals surface area contributed by atoms with Crippen LogP contribution in [0.4, 0.5) is 0 Å². The predicted molar refractivity (Wildman–Crippen MR) is 98.0 cm³/mol. The van der Waals surface area contributed by atoms with E-state index < -0.39 is 0 Å². The summed E-state index contributed by atoms with van der Waals surface area (Å²) in [5.74, 6) is 1.47. The van der Waals surface area contributed by atoms with Gasteiger partial charge in [-0.25, -0.2) is 0 Å². The lowest BCUT2D eigenvalue weighted by atomic mass is 10.2. The first-order valence-corrected chi connectivity index (χ1v) is 8.80. The molecule has 0 fully saturated rings. The zero-order valence-electron chi connectivity index (χ0n) is 14.9. The van der Waals surface area contributed by atoms with E-state index in [-0.39, 0.29) is 12.5 Å². The molecule has 0 unspecified atom stereocenters. The average Bonchev–Trinajstić information content (AvgIpc) is 3.36. The largest absolute Gasteiger partial charge is 0.486 e. The molecule has 0 spiro atoms. The highest BCUT2D eigenvalue weighted by Gasteiger charge is 2.11. The molecule has 6 nitrogen and oxygen atoms in total. The Kier molecular flexibility index (Phi) is 6.09. The molecule has 26 heavy (non-hydrogen) atoms. The Morgan fingerprint density at radius 2 is 2.08 bits per heavy atom. The summed E-state index contributed by atoms with van der Waals surface area (Å²) in [6.07, 6.45) is 5.44. The maximum absolute atomic E-state index is 12.1. The number of hydrogen-bond acceptors (Lipinski definition) is 4. The predicted octanol–water partition coefficient (Wildman–Crippen LogP) is 3.44. The summed E-state index contributed by atoms with van der Waals surface area (Å²) >= 11 is 0. The Bertz CT molecular complexity index is 807. The van der Waals surface area contributed by atoms with E-state index in [0.29, 0.717) is 18.1 Å². The highest BCUT2D eigenvalue weighted by molar-refractivity contribution is 5.91. The van der Waals surface area contributed by atoms with Crippen LogP contribution in [0.2, 0.25) is 0 Å². The lowest BCUT2D eigenvalue weighted by Gasteiger charge is -2.05. The number of aryl methyl sites for hydroxylation is 2. The first-order chi connectivity index (χ1) is 12.7.